The molecule has 3 heterocycles. The highest BCUT2D eigenvalue weighted by Crippen LogP contribution is 2.24. The van der Waals surface area contributed by atoms with Gasteiger partial charge in [0.25, 0.3) is 5.89 Å². The van der Waals surface area contributed by atoms with Crippen molar-refractivity contribution in [2.75, 3.05) is 6.54 Å². The van der Waals surface area contributed by atoms with Gasteiger partial charge in [-0.1, -0.05) is 30.3 Å². The first-order chi connectivity index (χ1) is 11.4. The summed E-state index contributed by atoms with van der Waals surface area (Å²) in [4.78, 5) is 2.44. The number of hydrogen-bond acceptors (Lipinski definition) is 5. The SMILES string of the molecule is c1ccc(C[C@H]2CCCN2Cc2nnc(-c3ccco3)o2)cc1. The van der Waals surface area contributed by atoms with Crippen molar-refractivity contribution < 1.29 is 8.83 Å². The van der Waals surface area contributed by atoms with Gasteiger partial charge in [0.1, 0.15) is 0 Å². The standard InChI is InChI=1S/C18H19N3O2/c1-2-6-14(7-3-1)12-15-8-4-10-21(15)13-17-19-20-18(23-17)16-9-5-11-22-16/h1-3,5-7,9,11,15H,4,8,10,12-13H2/t15-/m1/s1. The van der Waals surface area contributed by atoms with Crippen LogP contribution in [0.2, 0.25) is 0 Å². The molecule has 1 aliphatic heterocycles. The number of aromatic nitrogens is 2. The summed E-state index contributed by atoms with van der Waals surface area (Å²) in [6.45, 7) is 1.78. The van der Waals surface area contributed by atoms with E-state index >= 15 is 0 Å². The van der Waals surface area contributed by atoms with Crippen LogP contribution in [0.4, 0.5) is 0 Å². The van der Waals surface area contributed by atoms with E-state index in [9.17, 15) is 0 Å². The van der Waals surface area contributed by atoms with Crippen molar-refractivity contribution in [1.29, 1.82) is 0 Å². The minimum absolute atomic E-state index is 0.448. The Kier molecular flexibility index (Phi) is 3.94. The molecule has 2 aromatic heterocycles. The second-order valence-corrected chi connectivity index (χ2v) is 5.93. The average Bonchev–Trinajstić information content (AvgIpc) is 3.31. The second-order valence-electron chi connectivity index (χ2n) is 5.93. The number of nitrogens with zero attached hydrogens (tertiary/aromatic N) is 3. The lowest BCUT2D eigenvalue weighted by Gasteiger charge is -2.22. The Balaban J connectivity index is 1.43. The third-order valence-corrected chi connectivity index (χ3v) is 4.35. The van der Waals surface area contributed by atoms with E-state index in [1.807, 2.05) is 12.1 Å². The van der Waals surface area contributed by atoms with Crippen molar-refractivity contribution in [2.45, 2.75) is 31.8 Å². The van der Waals surface area contributed by atoms with Crippen LogP contribution in [0.5, 0.6) is 0 Å². The van der Waals surface area contributed by atoms with Crippen LogP contribution in [0.25, 0.3) is 11.7 Å². The van der Waals surface area contributed by atoms with Crippen LogP contribution in [-0.2, 0) is 13.0 Å². The largest absolute Gasteiger partial charge is 0.459 e. The maximum atomic E-state index is 5.73. The number of likely N-dealkylation sites (tertiary alicyclic amines) is 1. The summed E-state index contributed by atoms with van der Waals surface area (Å²) in [7, 11) is 0. The Labute approximate surface area is 134 Å². The predicted octanol–water partition coefficient (Wildman–Crippen LogP) is 3.54. The van der Waals surface area contributed by atoms with Crippen LogP contribution in [-0.4, -0.2) is 27.7 Å². The predicted molar refractivity (Wildman–Crippen MR) is 85.6 cm³/mol. The van der Waals surface area contributed by atoms with E-state index < -0.39 is 0 Å². The zero-order chi connectivity index (χ0) is 15.5. The molecule has 5 heteroatoms. The van der Waals surface area contributed by atoms with Gasteiger partial charge in [-0.25, -0.2) is 0 Å². The van der Waals surface area contributed by atoms with Gasteiger partial charge >= 0.3 is 0 Å². The van der Waals surface area contributed by atoms with Crippen LogP contribution in [0.1, 0.15) is 24.3 Å². The van der Waals surface area contributed by atoms with E-state index in [-0.39, 0.29) is 0 Å². The molecule has 1 fully saturated rings. The van der Waals surface area contributed by atoms with Gasteiger partial charge in [0.2, 0.25) is 5.89 Å². The molecule has 5 nitrogen and oxygen atoms in total. The Morgan fingerprint density at radius 2 is 2.00 bits per heavy atom. The maximum absolute atomic E-state index is 5.73. The molecule has 23 heavy (non-hydrogen) atoms. The normalized spacial score (nSPS) is 18.5. The molecule has 0 unspecified atom stereocenters. The fourth-order valence-electron chi connectivity index (χ4n) is 3.21. The zero-order valence-corrected chi connectivity index (χ0v) is 12.9. The summed E-state index contributed by atoms with van der Waals surface area (Å²) in [5.74, 6) is 1.71. The zero-order valence-electron chi connectivity index (χ0n) is 12.9. The molecule has 1 aliphatic rings. The molecule has 4 rings (SSSR count). The summed E-state index contributed by atoms with van der Waals surface area (Å²) in [5.41, 5.74) is 1.38. The van der Waals surface area contributed by atoms with E-state index in [0.717, 1.165) is 13.0 Å². The highest BCUT2D eigenvalue weighted by atomic mass is 16.4. The Morgan fingerprint density at radius 1 is 1.09 bits per heavy atom. The minimum atomic E-state index is 0.448. The van der Waals surface area contributed by atoms with Crippen LogP contribution in [0.15, 0.2) is 57.6 Å². The van der Waals surface area contributed by atoms with Gasteiger partial charge in [0, 0.05) is 6.04 Å². The van der Waals surface area contributed by atoms with Crippen molar-refractivity contribution in [3.05, 3.63) is 60.2 Å². The third kappa shape index (κ3) is 3.19. The molecule has 1 saturated heterocycles. The van der Waals surface area contributed by atoms with E-state index in [1.165, 1.54) is 18.4 Å². The monoisotopic (exact) mass is 309 g/mol. The lowest BCUT2D eigenvalue weighted by molar-refractivity contribution is 0.220. The number of furan rings is 1. The molecule has 0 aliphatic carbocycles. The molecule has 0 radical (unpaired) electrons. The number of rotatable bonds is 5. The van der Waals surface area contributed by atoms with Gasteiger partial charge in [0.05, 0.1) is 12.8 Å². The molecular weight excluding hydrogens is 290 g/mol. The highest BCUT2D eigenvalue weighted by Gasteiger charge is 2.26. The summed E-state index contributed by atoms with van der Waals surface area (Å²) in [6.07, 6.45) is 5.11. The van der Waals surface area contributed by atoms with E-state index in [1.54, 1.807) is 6.26 Å². The first-order valence-electron chi connectivity index (χ1n) is 8.03. The molecular formula is C18H19N3O2. The fourth-order valence-corrected chi connectivity index (χ4v) is 3.21. The highest BCUT2D eigenvalue weighted by molar-refractivity contribution is 5.42. The summed E-state index contributed by atoms with van der Waals surface area (Å²) < 4.78 is 11.0. The van der Waals surface area contributed by atoms with Crippen LogP contribution in [0.3, 0.4) is 0 Å². The van der Waals surface area contributed by atoms with Gasteiger partial charge in [-0.2, -0.15) is 0 Å². The molecule has 3 aromatic rings. The molecule has 0 saturated carbocycles. The summed E-state index contributed by atoms with van der Waals surface area (Å²) in [6, 6.07) is 14.8. The molecule has 1 aromatic carbocycles. The molecule has 0 bridgehead atoms. The van der Waals surface area contributed by atoms with Gasteiger partial charge in [0.15, 0.2) is 5.76 Å². The van der Waals surface area contributed by atoms with E-state index in [0.29, 0.717) is 30.1 Å². The van der Waals surface area contributed by atoms with Crippen LogP contribution in [0, 0.1) is 0 Å². The first-order valence-corrected chi connectivity index (χ1v) is 8.03. The molecule has 0 spiro atoms. The van der Waals surface area contributed by atoms with Crippen molar-refractivity contribution in [2.24, 2.45) is 0 Å². The maximum Gasteiger partial charge on any atom is 0.283 e. The van der Waals surface area contributed by atoms with Crippen molar-refractivity contribution in [3.63, 3.8) is 0 Å². The van der Waals surface area contributed by atoms with E-state index in [2.05, 4.69) is 45.4 Å². The van der Waals surface area contributed by atoms with Gasteiger partial charge in [-0.3, -0.25) is 4.90 Å². The van der Waals surface area contributed by atoms with Gasteiger partial charge in [-0.15, -0.1) is 10.2 Å². The lowest BCUT2D eigenvalue weighted by atomic mass is 10.0. The fraction of sp³-hybridized carbons (Fsp3) is 0.333. The third-order valence-electron chi connectivity index (χ3n) is 4.35. The van der Waals surface area contributed by atoms with Gasteiger partial charge < -0.3 is 8.83 Å². The summed E-state index contributed by atoms with van der Waals surface area (Å²) >= 11 is 0. The van der Waals surface area contributed by atoms with E-state index in [4.69, 9.17) is 8.83 Å². The second kappa shape index (κ2) is 6.38. The lowest BCUT2D eigenvalue weighted by Crippen LogP contribution is -2.30. The van der Waals surface area contributed by atoms with Crippen LogP contribution < -0.4 is 0 Å². The number of hydrogen-bond donors (Lipinski definition) is 0. The molecule has 1 atom stereocenters. The van der Waals surface area contributed by atoms with Crippen LogP contribution >= 0.6 is 0 Å². The Bertz CT molecular complexity index is 737. The van der Waals surface area contributed by atoms with Crippen molar-refractivity contribution >= 4 is 0 Å². The number of benzene rings is 1. The molecule has 118 valence electrons. The molecule has 0 amide bonds. The quantitative estimate of drug-likeness (QED) is 0.721. The smallest absolute Gasteiger partial charge is 0.283 e. The Morgan fingerprint density at radius 3 is 2.83 bits per heavy atom. The van der Waals surface area contributed by atoms with Crippen molar-refractivity contribution in [3.8, 4) is 11.7 Å². The summed E-state index contributed by atoms with van der Waals surface area (Å²) in [5, 5.41) is 8.23. The average molecular weight is 309 g/mol. The topological polar surface area (TPSA) is 55.3 Å². The minimum Gasteiger partial charge on any atom is -0.459 e. The molecule has 0 N–H and O–H groups in total. The van der Waals surface area contributed by atoms with Gasteiger partial charge in [-0.05, 0) is 43.5 Å². The van der Waals surface area contributed by atoms with Crippen molar-refractivity contribution in [1.82, 2.24) is 15.1 Å². The first kappa shape index (κ1) is 14.2. The Hall–Kier alpha value is -2.40.